The Kier molecular flexibility index (Phi) is 3.62. The van der Waals surface area contributed by atoms with E-state index in [4.69, 9.17) is 4.42 Å². The van der Waals surface area contributed by atoms with Gasteiger partial charge in [-0.25, -0.2) is 17.9 Å². The predicted molar refractivity (Wildman–Crippen MR) is 80.1 cm³/mol. The van der Waals surface area contributed by atoms with Crippen molar-refractivity contribution < 1.29 is 17.9 Å². The highest BCUT2D eigenvalue weighted by Crippen LogP contribution is 2.29. The normalized spacial score (nSPS) is 18.1. The van der Waals surface area contributed by atoms with Gasteiger partial charge in [0, 0.05) is 19.7 Å². The van der Waals surface area contributed by atoms with Crippen LogP contribution in [0.2, 0.25) is 0 Å². The van der Waals surface area contributed by atoms with Gasteiger partial charge in [-0.15, -0.1) is 0 Å². The second-order valence-corrected chi connectivity index (χ2v) is 7.58. The molecule has 8 heteroatoms. The molecule has 1 aliphatic carbocycles. The van der Waals surface area contributed by atoms with Crippen LogP contribution in [0.15, 0.2) is 32.3 Å². The first-order chi connectivity index (χ1) is 10.3. The van der Waals surface area contributed by atoms with E-state index in [1.807, 2.05) is 0 Å². The van der Waals surface area contributed by atoms with Gasteiger partial charge in [0.05, 0.1) is 16.0 Å². The molecule has 1 aromatic heterocycles. The molecular weight excluding hydrogens is 308 g/mol. The van der Waals surface area contributed by atoms with E-state index in [0.29, 0.717) is 18.4 Å². The molecule has 3 rings (SSSR count). The quantitative estimate of drug-likeness (QED) is 0.862. The van der Waals surface area contributed by atoms with Gasteiger partial charge in [-0.05, 0) is 25.0 Å². The average Bonchev–Trinajstić information content (AvgIpc) is 3.02. The molecule has 2 aromatic rings. The topological polar surface area (TPSA) is 102 Å². The molecule has 1 aliphatic rings. The minimum atomic E-state index is -3.76. The lowest BCUT2D eigenvalue weighted by Gasteiger charge is -2.22. The van der Waals surface area contributed by atoms with Gasteiger partial charge in [0.2, 0.25) is 10.0 Å². The Hall–Kier alpha value is -1.64. The molecular formula is C14H18N2O5S. The molecule has 22 heavy (non-hydrogen) atoms. The van der Waals surface area contributed by atoms with Gasteiger partial charge in [-0.1, -0.05) is 12.8 Å². The minimum absolute atomic E-state index is 0.00783. The maximum Gasteiger partial charge on any atom is 0.419 e. The van der Waals surface area contributed by atoms with Crippen LogP contribution in [-0.2, 0) is 17.1 Å². The summed E-state index contributed by atoms with van der Waals surface area (Å²) in [6, 6.07) is 4.26. The third-order valence-corrected chi connectivity index (χ3v) is 5.60. The van der Waals surface area contributed by atoms with Crippen molar-refractivity contribution in [2.75, 3.05) is 6.54 Å². The van der Waals surface area contributed by atoms with Crippen LogP contribution in [0.25, 0.3) is 11.1 Å². The Morgan fingerprint density at radius 1 is 1.36 bits per heavy atom. The van der Waals surface area contributed by atoms with E-state index in [-0.39, 0.29) is 17.0 Å². The number of oxazole rings is 1. The van der Waals surface area contributed by atoms with Gasteiger partial charge in [-0.2, -0.15) is 0 Å². The molecule has 0 bridgehead atoms. The Bertz CT molecular complexity index is 859. The lowest BCUT2D eigenvalue weighted by Crippen LogP contribution is -2.40. The van der Waals surface area contributed by atoms with Crippen molar-refractivity contribution in [3.63, 3.8) is 0 Å². The summed E-state index contributed by atoms with van der Waals surface area (Å²) in [5.74, 6) is -0.544. The van der Waals surface area contributed by atoms with Gasteiger partial charge in [-0.3, -0.25) is 4.57 Å². The Balaban J connectivity index is 1.87. The molecule has 0 saturated heterocycles. The van der Waals surface area contributed by atoms with Crippen LogP contribution in [0.4, 0.5) is 0 Å². The monoisotopic (exact) mass is 326 g/mol. The highest BCUT2D eigenvalue weighted by atomic mass is 32.2. The van der Waals surface area contributed by atoms with Crippen molar-refractivity contribution in [1.82, 2.24) is 9.29 Å². The van der Waals surface area contributed by atoms with Crippen molar-refractivity contribution in [2.24, 2.45) is 7.05 Å². The maximum absolute atomic E-state index is 12.3. The van der Waals surface area contributed by atoms with Gasteiger partial charge in [0.15, 0.2) is 5.58 Å². The van der Waals surface area contributed by atoms with Crippen LogP contribution in [0.5, 0.6) is 0 Å². The van der Waals surface area contributed by atoms with Crippen LogP contribution < -0.4 is 10.5 Å². The summed E-state index contributed by atoms with van der Waals surface area (Å²) in [6.45, 7) is -0.00783. The summed E-state index contributed by atoms with van der Waals surface area (Å²) in [6.07, 6.45) is 3.00. The molecule has 1 saturated carbocycles. The second kappa shape index (κ2) is 5.22. The maximum atomic E-state index is 12.3. The zero-order valence-electron chi connectivity index (χ0n) is 12.2. The first-order valence-corrected chi connectivity index (χ1v) is 8.61. The molecule has 2 N–H and O–H groups in total. The van der Waals surface area contributed by atoms with Gasteiger partial charge >= 0.3 is 5.76 Å². The van der Waals surface area contributed by atoms with E-state index in [9.17, 15) is 18.3 Å². The number of nitrogens with one attached hydrogen (secondary N) is 1. The molecule has 0 aliphatic heterocycles. The molecule has 1 aromatic carbocycles. The zero-order valence-corrected chi connectivity index (χ0v) is 13.0. The third-order valence-electron chi connectivity index (χ3n) is 4.20. The van der Waals surface area contributed by atoms with E-state index < -0.39 is 21.4 Å². The molecule has 0 atom stereocenters. The van der Waals surface area contributed by atoms with Gasteiger partial charge in [0.25, 0.3) is 0 Å². The SMILES string of the molecule is Cn1c(=O)oc2cc(S(=O)(=O)NCC3(O)CCCC3)ccc21. The smallest absolute Gasteiger partial charge is 0.408 e. The molecule has 0 amide bonds. The number of rotatable bonds is 4. The number of hydrogen-bond donors (Lipinski definition) is 2. The molecule has 120 valence electrons. The van der Waals surface area contributed by atoms with Crippen molar-refractivity contribution in [3.8, 4) is 0 Å². The minimum Gasteiger partial charge on any atom is -0.408 e. The summed E-state index contributed by atoms with van der Waals surface area (Å²) in [7, 11) is -2.21. The van der Waals surface area contributed by atoms with E-state index in [1.54, 1.807) is 7.05 Å². The molecule has 0 radical (unpaired) electrons. The number of aromatic nitrogens is 1. The summed E-state index contributed by atoms with van der Waals surface area (Å²) in [4.78, 5) is 11.4. The van der Waals surface area contributed by atoms with Crippen molar-refractivity contribution in [1.29, 1.82) is 0 Å². The van der Waals surface area contributed by atoms with Gasteiger partial charge < -0.3 is 9.52 Å². The fourth-order valence-corrected chi connectivity index (χ4v) is 3.94. The number of fused-ring (bicyclic) bond motifs is 1. The number of aliphatic hydroxyl groups is 1. The second-order valence-electron chi connectivity index (χ2n) is 5.81. The predicted octanol–water partition coefficient (Wildman–Crippen LogP) is 0.715. The van der Waals surface area contributed by atoms with E-state index in [1.165, 1.54) is 22.8 Å². The summed E-state index contributed by atoms with van der Waals surface area (Å²) in [5, 5.41) is 10.2. The summed E-state index contributed by atoms with van der Waals surface area (Å²) in [5.41, 5.74) is -0.218. The highest BCUT2D eigenvalue weighted by Gasteiger charge is 2.32. The number of nitrogens with zero attached hydrogens (tertiary/aromatic N) is 1. The van der Waals surface area contributed by atoms with Crippen LogP contribution in [0, 0.1) is 0 Å². The fourth-order valence-electron chi connectivity index (χ4n) is 2.80. The Morgan fingerprint density at radius 2 is 2.05 bits per heavy atom. The van der Waals surface area contributed by atoms with E-state index >= 15 is 0 Å². The third kappa shape index (κ3) is 2.69. The fraction of sp³-hybridized carbons (Fsp3) is 0.500. The van der Waals surface area contributed by atoms with Gasteiger partial charge in [0.1, 0.15) is 0 Å². The number of hydrogen-bond acceptors (Lipinski definition) is 5. The van der Waals surface area contributed by atoms with Crippen LogP contribution in [-0.4, -0.2) is 30.2 Å². The number of sulfonamides is 1. The lowest BCUT2D eigenvalue weighted by atomic mass is 10.0. The Labute approximate surface area is 127 Å². The zero-order chi connectivity index (χ0) is 16.0. The van der Waals surface area contributed by atoms with Crippen LogP contribution in [0.3, 0.4) is 0 Å². The first-order valence-electron chi connectivity index (χ1n) is 7.12. The van der Waals surface area contributed by atoms with Crippen molar-refractivity contribution in [3.05, 3.63) is 28.7 Å². The Morgan fingerprint density at radius 3 is 2.73 bits per heavy atom. The first kappa shape index (κ1) is 15.3. The molecule has 1 fully saturated rings. The van der Waals surface area contributed by atoms with Crippen LogP contribution >= 0.6 is 0 Å². The number of benzene rings is 1. The molecule has 0 spiro atoms. The largest absolute Gasteiger partial charge is 0.419 e. The standard InChI is InChI=1S/C14H18N2O5S/c1-16-11-5-4-10(8-12(11)21-13(16)17)22(19,20)15-9-14(18)6-2-3-7-14/h4-5,8,15,18H,2-3,6-7,9H2,1H3. The van der Waals surface area contributed by atoms with Crippen molar-refractivity contribution in [2.45, 2.75) is 36.2 Å². The lowest BCUT2D eigenvalue weighted by molar-refractivity contribution is 0.0532. The summed E-state index contributed by atoms with van der Waals surface area (Å²) < 4.78 is 33.4. The molecule has 0 unspecified atom stereocenters. The average molecular weight is 326 g/mol. The van der Waals surface area contributed by atoms with E-state index in [0.717, 1.165) is 12.8 Å². The van der Waals surface area contributed by atoms with Crippen LogP contribution in [0.1, 0.15) is 25.7 Å². The summed E-state index contributed by atoms with van der Waals surface area (Å²) >= 11 is 0. The molecule has 1 heterocycles. The highest BCUT2D eigenvalue weighted by molar-refractivity contribution is 7.89. The van der Waals surface area contributed by atoms with Crippen molar-refractivity contribution >= 4 is 21.1 Å². The molecule has 7 nitrogen and oxygen atoms in total. The number of aryl methyl sites for hydroxylation is 1. The van der Waals surface area contributed by atoms with E-state index in [2.05, 4.69) is 4.72 Å².